The fourth-order valence-electron chi connectivity index (χ4n) is 3.24. The molecule has 1 N–H and O–H groups in total. The number of nitrogens with one attached hydrogen (secondary N) is 1. The number of hydrogen-bond donors (Lipinski definition) is 1. The first-order chi connectivity index (χ1) is 11.2. The van der Waals surface area contributed by atoms with E-state index in [0.29, 0.717) is 5.92 Å². The van der Waals surface area contributed by atoms with E-state index >= 15 is 0 Å². The van der Waals surface area contributed by atoms with Crippen LogP contribution in [0.25, 0.3) is 0 Å². The van der Waals surface area contributed by atoms with Crippen LogP contribution in [0.3, 0.4) is 0 Å². The van der Waals surface area contributed by atoms with E-state index in [1.54, 1.807) is 0 Å². The lowest BCUT2D eigenvalue weighted by molar-refractivity contribution is 0.0691. The third-order valence-corrected chi connectivity index (χ3v) is 5.53. The number of rotatable bonds is 4. The lowest BCUT2D eigenvalue weighted by Crippen LogP contribution is -2.39. The third kappa shape index (κ3) is 3.55. The van der Waals surface area contributed by atoms with Crippen molar-refractivity contribution in [2.24, 2.45) is 5.92 Å². The molecule has 1 saturated heterocycles. The molecule has 0 unspecified atom stereocenters. The molecular formula is C18H23N3OS. The van der Waals surface area contributed by atoms with Crippen LogP contribution in [0.2, 0.25) is 0 Å². The van der Waals surface area contributed by atoms with Crippen LogP contribution in [0.4, 0.5) is 5.00 Å². The number of amides is 1. The lowest BCUT2D eigenvalue weighted by Gasteiger charge is -2.32. The zero-order chi connectivity index (χ0) is 16.2. The van der Waals surface area contributed by atoms with Crippen LogP contribution in [0.15, 0.2) is 30.3 Å². The number of benzene rings is 1. The molecule has 0 aliphatic carbocycles. The van der Waals surface area contributed by atoms with E-state index < -0.39 is 0 Å². The maximum absolute atomic E-state index is 12.8. The predicted octanol–water partition coefficient (Wildman–Crippen LogP) is 3.59. The van der Waals surface area contributed by atoms with E-state index in [4.69, 9.17) is 0 Å². The van der Waals surface area contributed by atoms with Crippen LogP contribution in [-0.4, -0.2) is 35.3 Å². The number of carbonyl (C=O) groups excluding carboxylic acids is 1. The Morgan fingerprint density at radius 2 is 2.00 bits per heavy atom. The molecule has 1 aliphatic heterocycles. The Labute approximate surface area is 141 Å². The van der Waals surface area contributed by atoms with Crippen LogP contribution in [-0.2, 0) is 6.42 Å². The highest BCUT2D eigenvalue weighted by Crippen LogP contribution is 2.28. The minimum Gasteiger partial charge on any atom is -0.378 e. The van der Waals surface area contributed by atoms with Crippen molar-refractivity contribution >= 4 is 22.4 Å². The van der Waals surface area contributed by atoms with E-state index in [1.807, 2.05) is 18.9 Å². The minimum absolute atomic E-state index is 0.124. The molecule has 0 spiro atoms. The summed E-state index contributed by atoms with van der Waals surface area (Å²) < 4.78 is 4.31. The highest BCUT2D eigenvalue weighted by atomic mass is 32.1. The molecule has 0 saturated carbocycles. The first-order valence-electron chi connectivity index (χ1n) is 8.16. The Bertz CT molecular complexity index is 660. The number of nitrogens with zero attached hydrogens (tertiary/aromatic N) is 2. The van der Waals surface area contributed by atoms with Crippen molar-refractivity contribution in [3.63, 3.8) is 0 Å². The highest BCUT2D eigenvalue weighted by Gasteiger charge is 2.27. The van der Waals surface area contributed by atoms with Gasteiger partial charge < -0.3 is 10.2 Å². The fourth-order valence-corrected chi connectivity index (χ4v) is 3.98. The Morgan fingerprint density at radius 3 is 2.65 bits per heavy atom. The molecule has 1 fully saturated rings. The van der Waals surface area contributed by atoms with Crippen LogP contribution < -0.4 is 5.32 Å². The largest absolute Gasteiger partial charge is 0.378 e. The topological polar surface area (TPSA) is 45.2 Å². The van der Waals surface area contributed by atoms with Gasteiger partial charge >= 0.3 is 0 Å². The van der Waals surface area contributed by atoms with Crippen molar-refractivity contribution in [3.05, 3.63) is 47.2 Å². The van der Waals surface area contributed by atoms with Gasteiger partial charge in [-0.3, -0.25) is 4.79 Å². The number of aromatic nitrogens is 1. The molecule has 4 nitrogen and oxygen atoms in total. The van der Waals surface area contributed by atoms with E-state index in [1.165, 1.54) is 17.1 Å². The van der Waals surface area contributed by atoms with Gasteiger partial charge in [-0.05, 0) is 49.2 Å². The average Bonchev–Trinajstić information content (AvgIpc) is 2.96. The molecule has 0 bridgehead atoms. The van der Waals surface area contributed by atoms with Crippen LogP contribution in [0.1, 0.15) is 34.5 Å². The summed E-state index contributed by atoms with van der Waals surface area (Å²) in [5.74, 6) is 0.797. The van der Waals surface area contributed by atoms with Crippen LogP contribution in [0.5, 0.6) is 0 Å². The smallest absolute Gasteiger partial charge is 0.258 e. The summed E-state index contributed by atoms with van der Waals surface area (Å²) in [5, 5.41) is 3.96. The van der Waals surface area contributed by atoms with E-state index in [2.05, 4.69) is 40.0 Å². The van der Waals surface area contributed by atoms with Gasteiger partial charge in [0.05, 0.1) is 11.3 Å². The monoisotopic (exact) mass is 329 g/mol. The van der Waals surface area contributed by atoms with Crippen molar-refractivity contribution in [1.29, 1.82) is 0 Å². The number of likely N-dealkylation sites (tertiary alicyclic amines) is 1. The summed E-state index contributed by atoms with van der Waals surface area (Å²) in [6.45, 7) is 3.59. The zero-order valence-electron chi connectivity index (χ0n) is 13.7. The van der Waals surface area contributed by atoms with Gasteiger partial charge in [-0.25, -0.2) is 0 Å². The molecule has 0 radical (unpaired) electrons. The normalized spacial score (nSPS) is 15.7. The summed E-state index contributed by atoms with van der Waals surface area (Å²) in [6, 6.07) is 10.6. The number of anilines is 1. The van der Waals surface area contributed by atoms with Crippen LogP contribution in [0, 0.1) is 12.8 Å². The maximum atomic E-state index is 12.8. The van der Waals surface area contributed by atoms with Gasteiger partial charge in [-0.1, -0.05) is 30.3 Å². The number of aryl methyl sites for hydroxylation is 1. The van der Waals surface area contributed by atoms with Gasteiger partial charge in [0.25, 0.3) is 5.91 Å². The van der Waals surface area contributed by atoms with Gasteiger partial charge in [0.2, 0.25) is 0 Å². The molecule has 1 aromatic carbocycles. The van der Waals surface area contributed by atoms with Crippen molar-refractivity contribution < 1.29 is 4.79 Å². The van der Waals surface area contributed by atoms with Gasteiger partial charge in [0.1, 0.15) is 5.00 Å². The molecule has 5 heteroatoms. The lowest BCUT2D eigenvalue weighted by atomic mass is 9.90. The third-order valence-electron chi connectivity index (χ3n) is 4.57. The summed E-state index contributed by atoms with van der Waals surface area (Å²) >= 11 is 1.36. The Hall–Kier alpha value is -1.88. The summed E-state index contributed by atoms with van der Waals surface area (Å²) in [6.07, 6.45) is 3.27. The van der Waals surface area contributed by atoms with Crippen molar-refractivity contribution in [2.45, 2.75) is 26.2 Å². The molecule has 2 heterocycles. The van der Waals surface area contributed by atoms with E-state index in [-0.39, 0.29) is 5.91 Å². The Kier molecular flexibility index (Phi) is 4.96. The van der Waals surface area contributed by atoms with Gasteiger partial charge in [0, 0.05) is 20.1 Å². The summed E-state index contributed by atoms with van der Waals surface area (Å²) in [5.41, 5.74) is 2.97. The summed E-state index contributed by atoms with van der Waals surface area (Å²) in [7, 11) is 1.84. The summed E-state index contributed by atoms with van der Waals surface area (Å²) in [4.78, 5) is 14.8. The Morgan fingerprint density at radius 1 is 1.30 bits per heavy atom. The predicted molar refractivity (Wildman–Crippen MR) is 95.2 cm³/mol. The van der Waals surface area contributed by atoms with Gasteiger partial charge in [-0.2, -0.15) is 4.37 Å². The van der Waals surface area contributed by atoms with Crippen molar-refractivity contribution in [3.8, 4) is 0 Å². The molecule has 1 amide bonds. The fraction of sp³-hybridized carbons (Fsp3) is 0.444. The van der Waals surface area contributed by atoms with Crippen molar-refractivity contribution in [1.82, 2.24) is 9.27 Å². The zero-order valence-corrected chi connectivity index (χ0v) is 14.5. The quantitative estimate of drug-likeness (QED) is 0.932. The SMILES string of the molecule is CNc1snc(C)c1C(=O)N1CCC(Cc2ccccc2)CC1. The molecular weight excluding hydrogens is 306 g/mol. The average molecular weight is 329 g/mol. The molecule has 1 aromatic heterocycles. The molecule has 0 atom stereocenters. The van der Waals surface area contributed by atoms with E-state index in [0.717, 1.165) is 48.6 Å². The second-order valence-corrected chi connectivity index (χ2v) is 6.92. The van der Waals surface area contributed by atoms with Crippen LogP contribution >= 0.6 is 11.5 Å². The van der Waals surface area contributed by atoms with Gasteiger partial charge in [-0.15, -0.1) is 0 Å². The number of hydrogen-bond acceptors (Lipinski definition) is 4. The number of carbonyl (C=O) groups is 1. The second kappa shape index (κ2) is 7.13. The highest BCUT2D eigenvalue weighted by molar-refractivity contribution is 7.10. The first-order valence-corrected chi connectivity index (χ1v) is 8.93. The van der Waals surface area contributed by atoms with Crippen molar-refractivity contribution in [2.75, 3.05) is 25.5 Å². The molecule has 2 aromatic rings. The standard InChI is InChI=1S/C18H23N3OS/c1-13-16(17(19-2)23-20-13)18(22)21-10-8-15(9-11-21)12-14-6-4-3-5-7-14/h3-7,15,19H,8-12H2,1-2H3. The molecule has 23 heavy (non-hydrogen) atoms. The molecule has 122 valence electrons. The second-order valence-electron chi connectivity index (χ2n) is 6.15. The minimum atomic E-state index is 0.124. The first kappa shape index (κ1) is 16.0. The molecule has 1 aliphatic rings. The molecule has 3 rings (SSSR count). The van der Waals surface area contributed by atoms with Gasteiger partial charge in [0.15, 0.2) is 0 Å². The Balaban J connectivity index is 1.60. The maximum Gasteiger partial charge on any atom is 0.258 e. The number of piperidine rings is 1. The van der Waals surface area contributed by atoms with E-state index in [9.17, 15) is 4.79 Å².